The molecule has 1 aromatic heterocycles. The van der Waals surface area contributed by atoms with E-state index in [-0.39, 0.29) is 36.2 Å². The molecule has 1 saturated heterocycles. The molecule has 0 radical (unpaired) electrons. The number of rotatable bonds is 8. The Bertz CT molecular complexity index is 1180. The molecule has 2 heterocycles. The molecule has 12 heteroatoms. The summed E-state index contributed by atoms with van der Waals surface area (Å²) in [5, 5.41) is 8.21. The molecule has 1 aliphatic heterocycles. The number of hydrogen-bond acceptors (Lipinski definition) is 4. The fourth-order valence-electron chi connectivity index (χ4n) is 4.48. The van der Waals surface area contributed by atoms with Crippen LogP contribution >= 0.6 is 0 Å². The Kier molecular flexibility index (Phi) is 7.35. The maximum atomic E-state index is 14.6. The third kappa shape index (κ3) is 4.95. The van der Waals surface area contributed by atoms with E-state index >= 15 is 0 Å². The van der Waals surface area contributed by atoms with Crippen molar-refractivity contribution in [1.82, 2.24) is 15.2 Å². The molecule has 1 aliphatic carbocycles. The number of anilines is 1. The van der Waals surface area contributed by atoms with Gasteiger partial charge in [0, 0.05) is 24.4 Å². The number of aromatic nitrogens is 1. The molecule has 6 nitrogen and oxygen atoms in total. The van der Waals surface area contributed by atoms with Gasteiger partial charge in [-0.2, -0.15) is 0 Å². The van der Waals surface area contributed by atoms with E-state index in [2.05, 4.69) is 16.0 Å². The molecule has 0 bridgehead atoms. The van der Waals surface area contributed by atoms with Crippen molar-refractivity contribution >= 4 is 11.6 Å². The number of nitrogens with zero attached hydrogens (tertiary/aromatic N) is 1. The maximum absolute atomic E-state index is 14.6. The number of piperidine rings is 1. The Labute approximate surface area is 203 Å². The highest BCUT2D eigenvalue weighted by molar-refractivity contribution is 5.99. The monoisotopic (exact) mass is 516 g/mol. The van der Waals surface area contributed by atoms with Crippen LogP contribution in [0.3, 0.4) is 0 Å². The fourth-order valence-corrected chi connectivity index (χ4v) is 4.48. The summed E-state index contributed by atoms with van der Waals surface area (Å²) in [5.41, 5.74) is -3.80. The number of pyridine rings is 1. The van der Waals surface area contributed by atoms with Crippen LogP contribution in [-0.2, 0) is 5.54 Å². The quantitative estimate of drug-likeness (QED) is 0.458. The van der Waals surface area contributed by atoms with Crippen LogP contribution in [0.4, 0.5) is 32.0 Å². The summed E-state index contributed by atoms with van der Waals surface area (Å²) >= 11 is 0. The molecule has 4 rings (SSSR count). The molecule has 1 unspecified atom stereocenters. The lowest BCUT2D eigenvalue weighted by atomic mass is 10.0. The molecule has 196 valence electrons. The minimum atomic E-state index is -3.06. The molecular weight excluding hydrogens is 490 g/mol. The smallest absolute Gasteiger partial charge is 0.266 e. The Hall–Kier alpha value is -3.02. The molecule has 2 aliphatic rings. The molecule has 3 atom stereocenters. The van der Waals surface area contributed by atoms with Crippen LogP contribution in [0.2, 0.25) is 0 Å². The van der Waals surface area contributed by atoms with Crippen molar-refractivity contribution in [2.24, 2.45) is 0 Å². The Morgan fingerprint density at radius 1 is 1.19 bits per heavy atom. The first-order chi connectivity index (χ1) is 17.0. The highest BCUT2D eigenvalue weighted by Gasteiger charge is 2.53. The van der Waals surface area contributed by atoms with Crippen molar-refractivity contribution in [1.29, 1.82) is 0 Å². The van der Waals surface area contributed by atoms with Crippen LogP contribution in [0.5, 0.6) is 0 Å². The first kappa shape index (κ1) is 26.1. The summed E-state index contributed by atoms with van der Waals surface area (Å²) < 4.78 is 83.5. The third-order valence-corrected chi connectivity index (χ3v) is 6.80. The normalized spacial score (nSPS) is 21.9. The van der Waals surface area contributed by atoms with Crippen molar-refractivity contribution in [2.75, 3.05) is 18.4 Å². The van der Waals surface area contributed by atoms with Gasteiger partial charge in [0.2, 0.25) is 0 Å². The lowest BCUT2D eigenvalue weighted by Gasteiger charge is -2.29. The number of carbonyl (C=O) groups is 1. The van der Waals surface area contributed by atoms with E-state index < -0.39 is 59.5 Å². The molecular formula is C24H26F6N4O2. The highest BCUT2D eigenvalue weighted by Crippen LogP contribution is 2.48. The Morgan fingerprint density at radius 2 is 1.89 bits per heavy atom. The van der Waals surface area contributed by atoms with Crippen molar-refractivity contribution < 1.29 is 31.1 Å². The molecule has 1 aromatic carbocycles. The topological polar surface area (TPSA) is 75.2 Å². The van der Waals surface area contributed by atoms with Crippen molar-refractivity contribution in [3.8, 4) is 0 Å². The van der Waals surface area contributed by atoms with Crippen molar-refractivity contribution in [2.45, 2.75) is 62.8 Å². The van der Waals surface area contributed by atoms with E-state index in [0.717, 1.165) is 22.9 Å². The average molecular weight is 516 g/mol. The minimum Gasteiger partial charge on any atom is -0.378 e. The van der Waals surface area contributed by atoms with E-state index in [9.17, 15) is 35.9 Å². The summed E-state index contributed by atoms with van der Waals surface area (Å²) in [6.07, 6.45) is -5.81. The third-order valence-electron chi connectivity index (χ3n) is 6.80. The van der Waals surface area contributed by atoms with Crippen LogP contribution in [0, 0.1) is 5.82 Å². The molecule has 1 saturated carbocycles. The van der Waals surface area contributed by atoms with Gasteiger partial charge >= 0.3 is 0 Å². The predicted molar refractivity (Wildman–Crippen MR) is 121 cm³/mol. The lowest BCUT2D eigenvalue weighted by molar-refractivity contribution is 0.0648. The van der Waals surface area contributed by atoms with E-state index in [0.29, 0.717) is 13.0 Å². The second-order valence-corrected chi connectivity index (χ2v) is 9.22. The van der Waals surface area contributed by atoms with Gasteiger partial charge < -0.3 is 20.5 Å². The van der Waals surface area contributed by atoms with Gasteiger partial charge in [0.05, 0.1) is 28.9 Å². The first-order valence-electron chi connectivity index (χ1n) is 11.6. The van der Waals surface area contributed by atoms with Gasteiger partial charge in [-0.15, -0.1) is 0 Å². The van der Waals surface area contributed by atoms with E-state index in [1.165, 1.54) is 19.1 Å². The van der Waals surface area contributed by atoms with Crippen LogP contribution < -0.4 is 21.5 Å². The molecule has 2 aromatic rings. The summed E-state index contributed by atoms with van der Waals surface area (Å²) in [7, 11) is 0. The second-order valence-electron chi connectivity index (χ2n) is 9.22. The second kappa shape index (κ2) is 10.2. The van der Waals surface area contributed by atoms with Gasteiger partial charge in [-0.25, -0.2) is 26.3 Å². The number of nitrogens with one attached hydrogen (secondary N) is 3. The van der Waals surface area contributed by atoms with Crippen molar-refractivity contribution in [3.05, 3.63) is 63.3 Å². The standard InChI is InChI=1S/C24H26F6N4O2/c1-12(13-3-2-4-14(20(13)26)21(27)28)32-22(36)15-11-34(24(6-7-24)23(29)30)19(35)9-18(15)33-17-5-8-31-10-16(17)25/h2-4,9,11-12,16-17,21,23,31,33H,5-8,10H2,1H3,(H,32,36)/t12?,16-,17+/m1/s1. The molecule has 1 amide bonds. The minimum absolute atomic E-state index is 0.0429. The summed E-state index contributed by atoms with van der Waals surface area (Å²) in [4.78, 5) is 26.0. The number of halogens is 6. The predicted octanol–water partition coefficient (Wildman–Crippen LogP) is 4.28. The van der Waals surface area contributed by atoms with Crippen LogP contribution in [0.15, 0.2) is 35.3 Å². The molecule has 0 spiro atoms. The van der Waals surface area contributed by atoms with Gasteiger partial charge in [-0.3, -0.25) is 9.59 Å². The Morgan fingerprint density at radius 3 is 2.50 bits per heavy atom. The summed E-state index contributed by atoms with van der Waals surface area (Å²) in [5.74, 6) is -2.04. The lowest BCUT2D eigenvalue weighted by Crippen LogP contribution is -2.46. The number of alkyl halides is 5. The highest BCUT2D eigenvalue weighted by atomic mass is 19.3. The zero-order valence-electron chi connectivity index (χ0n) is 19.3. The average Bonchev–Trinajstić information content (AvgIpc) is 3.62. The number of benzene rings is 1. The van der Waals surface area contributed by atoms with Gasteiger partial charge in [-0.05, 0) is 32.7 Å². The van der Waals surface area contributed by atoms with Crippen LogP contribution in [0.25, 0.3) is 0 Å². The zero-order chi connectivity index (χ0) is 26.2. The SMILES string of the molecule is CC(NC(=O)c1cn(C2(C(F)F)CC2)c(=O)cc1N[C@H]1CCNC[C@H]1F)c1cccc(C(F)F)c1F. The van der Waals surface area contributed by atoms with Crippen LogP contribution in [0.1, 0.15) is 60.1 Å². The number of hydrogen-bond donors (Lipinski definition) is 3. The van der Waals surface area contributed by atoms with Crippen LogP contribution in [-0.4, -0.2) is 42.2 Å². The van der Waals surface area contributed by atoms with Crippen molar-refractivity contribution in [3.63, 3.8) is 0 Å². The maximum Gasteiger partial charge on any atom is 0.266 e. The molecule has 3 N–H and O–H groups in total. The first-order valence-corrected chi connectivity index (χ1v) is 11.6. The largest absolute Gasteiger partial charge is 0.378 e. The fraction of sp³-hybridized carbons (Fsp3) is 0.500. The van der Waals surface area contributed by atoms with E-state index in [4.69, 9.17) is 0 Å². The Balaban J connectivity index is 1.69. The van der Waals surface area contributed by atoms with E-state index in [1.807, 2.05) is 0 Å². The molecule has 2 fully saturated rings. The molecule has 36 heavy (non-hydrogen) atoms. The number of carbonyl (C=O) groups excluding carboxylic acids is 1. The summed E-state index contributed by atoms with van der Waals surface area (Å²) in [6.45, 7) is 1.92. The van der Waals surface area contributed by atoms with E-state index in [1.54, 1.807) is 0 Å². The van der Waals surface area contributed by atoms with Gasteiger partial charge in [-0.1, -0.05) is 18.2 Å². The summed E-state index contributed by atoms with van der Waals surface area (Å²) in [6, 6.07) is 2.56. The van der Waals surface area contributed by atoms with Gasteiger partial charge in [0.25, 0.3) is 24.3 Å². The van der Waals surface area contributed by atoms with Gasteiger partial charge in [0.1, 0.15) is 17.5 Å². The van der Waals surface area contributed by atoms with Gasteiger partial charge in [0.15, 0.2) is 0 Å². The number of amides is 1. The zero-order valence-corrected chi connectivity index (χ0v) is 19.3.